The summed E-state index contributed by atoms with van der Waals surface area (Å²) in [5, 5.41) is 0. The second-order valence-electron chi connectivity index (χ2n) is 0.418. The predicted octanol–water partition coefficient (Wildman–Crippen LogP) is 1.33. The average Bonchev–Trinajstić information content (AvgIpc) is 1.37. The minimum Gasteiger partial charge on any atom is -0.147 e. The maximum absolute atomic E-state index is 4.48. The van der Waals surface area contributed by atoms with Crippen molar-refractivity contribution in [2.75, 3.05) is 6.61 Å². The molecule has 0 rings (SSSR count). The number of hydrogen-bond donors (Lipinski definition) is 0. The van der Waals surface area contributed by atoms with E-state index >= 15 is 0 Å². The molecule has 0 radical (unpaired) electrons. The van der Waals surface area contributed by atoms with E-state index in [0.717, 1.165) is 6.61 Å². The summed E-state index contributed by atoms with van der Waals surface area (Å²) in [6, 6.07) is 0. The smallest absolute Gasteiger partial charge is 0.147 e. The zero-order chi connectivity index (χ0) is 3.41. The molecule has 0 aromatic heterocycles. The van der Waals surface area contributed by atoms with E-state index in [-0.39, 0.29) is 24.8 Å². The van der Waals surface area contributed by atoms with Crippen LogP contribution in [0.25, 0.3) is 0 Å². The van der Waals surface area contributed by atoms with E-state index in [2.05, 4.69) is 3.66 Å². The summed E-state index contributed by atoms with van der Waals surface area (Å²) in [6.45, 7) is 2.73. The quantitative estimate of drug-likeness (QED) is 0.575. The van der Waals surface area contributed by atoms with Crippen LogP contribution in [0, 0.1) is 0 Å². The molecular formula is C2H7Cl2OV. The minimum absolute atomic E-state index is 0. The third-order valence-corrected chi connectivity index (χ3v) is 0.532. The Bertz CT molecular complexity index is 13.5. The second kappa shape index (κ2) is 16.5. The molecule has 0 atom stereocenters. The predicted molar refractivity (Wildman–Crippen MR) is 26.1 cm³/mol. The molecule has 0 N–H and O–H groups in total. The van der Waals surface area contributed by atoms with Gasteiger partial charge in [0, 0.05) is 0 Å². The molecule has 0 aliphatic carbocycles. The van der Waals surface area contributed by atoms with Gasteiger partial charge in [-0.1, -0.05) is 0 Å². The number of rotatable bonds is 1. The van der Waals surface area contributed by atoms with Gasteiger partial charge in [-0.15, -0.1) is 24.8 Å². The van der Waals surface area contributed by atoms with Crippen LogP contribution in [0.1, 0.15) is 6.92 Å². The Kier molecular flexibility index (Phi) is 43.1. The van der Waals surface area contributed by atoms with Crippen molar-refractivity contribution in [1.82, 2.24) is 0 Å². The van der Waals surface area contributed by atoms with Crippen LogP contribution in [0.15, 0.2) is 0 Å². The molecule has 0 spiro atoms. The fourth-order valence-electron chi connectivity index (χ4n) is 0. The van der Waals surface area contributed by atoms with E-state index < -0.39 is 0 Å². The van der Waals surface area contributed by atoms with Crippen molar-refractivity contribution in [2.45, 2.75) is 6.92 Å². The van der Waals surface area contributed by atoms with Crippen molar-refractivity contribution in [2.24, 2.45) is 0 Å². The molecule has 0 bridgehead atoms. The van der Waals surface area contributed by atoms with Gasteiger partial charge in [0.1, 0.15) is 0 Å². The molecular weight excluding hydrogens is 162 g/mol. The second-order valence-corrected chi connectivity index (χ2v) is 0.821. The molecule has 0 saturated carbocycles. The Morgan fingerprint density at radius 2 is 1.67 bits per heavy atom. The normalized spacial score (nSPS) is 4.83. The molecule has 0 aliphatic heterocycles. The third kappa shape index (κ3) is 19.3. The van der Waals surface area contributed by atoms with Crippen LogP contribution < -0.4 is 0 Å². The van der Waals surface area contributed by atoms with Gasteiger partial charge in [0.05, 0.1) is 0 Å². The topological polar surface area (TPSA) is 9.23 Å². The van der Waals surface area contributed by atoms with Gasteiger partial charge in [0.25, 0.3) is 0 Å². The van der Waals surface area contributed by atoms with E-state index in [1.54, 1.807) is 0 Å². The van der Waals surface area contributed by atoms with E-state index in [0.29, 0.717) is 0 Å². The summed E-state index contributed by atoms with van der Waals surface area (Å²) >= 11 is 2.04. The van der Waals surface area contributed by atoms with E-state index in [1.165, 1.54) is 0 Å². The fraction of sp³-hybridized carbons (Fsp3) is 1.00. The van der Waals surface area contributed by atoms with Gasteiger partial charge < -0.3 is 0 Å². The Labute approximate surface area is 60.0 Å². The SMILES string of the molecule is CC[O][V].Cl.Cl. The average molecular weight is 169 g/mol. The minimum atomic E-state index is 0. The van der Waals surface area contributed by atoms with Gasteiger partial charge in [-0.25, -0.2) is 0 Å². The first-order chi connectivity index (χ1) is 1.91. The van der Waals surface area contributed by atoms with Crippen LogP contribution in [0.2, 0.25) is 0 Å². The largest absolute Gasteiger partial charge is 0.147 e. The molecule has 0 aromatic carbocycles. The van der Waals surface area contributed by atoms with Gasteiger partial charge in [0.15, 0.2) is 0 Å². The summed E-state index contributed by atoms with van der Waals surface area (Å²) in [4.78, 5) is 0. The fourth-order valence-corrected chi connectivity index (χ4v) is 0. The summed E-state index contributed by atoms with van der Waals surface area (Å²) in [6.07, 6.45) is 0. The van der Waals surface area contributed by atoms with Crippen LogP contribution in [-0.2, 0) is 21.4 Å². The van der Waals surface area contributed by atoms with Crippen LogP contribution in [0.3, 0.4) is 0 Å². The molecule has 0 saturated heterocycles. The monoisotopic (exact) mass is 168 g/mol. The van der Waals surface area contributed by atoms with Crippen LogP contribution in [0.5, 0.6) is 0 Å². The molecule has 4 heteroatoms. The van der Waals surface area contributed by atoms with Gasteiger partial charge in [-0.3, -0.25) is 0 Å². The first kappa shape index (κ1) is 15.7. The summed E-state index contributed by atoms with van der Waals surface area (Å²) < 4.78 is 4.48. The summed E-state index contributed by atoms with van der Waals surface area (Å²) in [7, 11) is 0. The summed E-state index contributed by atoms with van der Waals surface area (Å²) in [5.41, 5.74) is 0. The van der Waals surface area contributed by atoms with Crippen molar-refractivity contribution >= 4 is 24.8 Å². The Balaban J connectivity index is -0.0000000450. The molecule has 0 amide bonds. The molecule has 0 fully saturated rings. The molecule has 1 nitrogen and oxygen atoms in total. The Hall–Kier alpha value is 1.12. The maximum atomic E-state index is 4.48. The van der Waals surface area contributed by atoms with Crippen molar-refractivity contribution in [3.05, 3.63) is 0 Å². The van der Waals surface area contributed by atoms with Gasteiger partial charge >= 0.3 is 35.0 Å². The molecule has 0 heterocycles. The molecule has 0 unspecified atom stereocenters. The number of hydrogen-bond acceptors (Lipinski definition) is 1. The molecule has 0 aromatic rings. The first-order valence-corrected chi connectivity index (χ1v) is 1.75. The van der Waals surface area contributed by atoms with Crippen molar-refractivity contribution in [1.29, 1.82) is 0 Å². The van der Waals surface area contributed by atoms with Crippen molar-refractivity contribution in [3.63, 3.8) is 0 Å². The molecule has 6 heavy (non-hydrogen) atoms. The summed E-state index contributed by atoms with van der Waals surface area (Å²) in [5.74, 6) is 0. The van der Waals surface area contributed by atoms with Gasteiger partial charge in [0.2, 0.25) is 0 Å². The van der Waals surface area contributed by atoms with E-state index in [9.17, 15) is 0 Å². The standard InChI is InChI=1S/C2H5O.2ClH.V/c1-2-3;;;/h2H2,1H3;2*1H;/q-1;;;+1. The van der Waals surface area contributed by atoms with Crippen LogP contribution in [0.4, 0.5) is 0 Å². The van der Waals surface area contributed by atoms with E-state index in [1.807, 2.05) is 24.7 Å². The van der Waals surface area contributed by atoms with Crippen LogP contribution >= 0.6 is 24.8 Å². The van der Waals surface area contributed by atoms with Crippen molar-refractivity contribution < 1.29 is 21.4 Å². The first-order valence-electron chi connectivity index (χ1n) is 1.18. The van der Waals surface area contributed by atoms with Gasteiger partial charge in [-0.2, -0.15) is 0 Å². The zero-order valence-corrected chi connectivity index (χ0v) is 6.41. The third-order valence-electron chi connectivity index (χ3n) is 0.129. The number of halogens is 2. The zero-order valence-electron chi connectivity index (χ0n) is 3.38. The van der Waals surface area contributed by atoms with Gasteiger partial charge in [-0.05, 0) is 0 Å². The maximum Gasteiger partial charge on any atom is -0.147 e. The van der Waals surface area contributed by atoms with Crippen LogP contribution in [-0.4, -0.2) is 6.61 Å². The van der Waals surface area contributed by atoms with Crippen molar-refractivity contribution in [3.8, 4) is 0 Å². The Morgan fingerprint density at radius 1 is 1.50 bits per heavy atom. The Morgan fingerprint density at radius 3 is 1.67 bits per heavy atom. The van der Waals surface area contributed by atoms with E-state index in [4.69, 9.17) is 0 Å². The molecule has 0 aliphatic rings. The molecule has 40 valence electrons.